The molecule has 0 aromatic heterocycles. The first-order valence-electron chi connectivity index (χ1n) is 7.69. The van der Waals surface area contributed by atoms with E-state index in [2.05, 4.69) is 32.6 Å². The lowest BCUT2D eigenvalue weighted by molar-refractivity contribution is -0.180. The third kappa shape index (κ3) is 4.65. The molecular weight excluding hydrogens is 262 g/mol. The standard InChI is InChI=1S/C18H27NO2/c1-14-7-6-8-15(11-14)16(20)9-10-19-12-17(2,3)21-18(4,5)13-19/h6-8,11H,9-10,12-13H2,1-5H3. The number of carbonyl (C=O) groups excluding carboxylic acids is 1. The molecule has 21 heavy (non-hydrogen) atoms. The molecule has 1 aromatic rings. The molecule has 0 N–H and O–H groups in total. The van der Waals surface area contributed by atoms with Gasteiger partial charge < -0.3 is 4.74 Å². The topological polar surface area (TPSA) is 29.5 Å². The second kappa shape index (κ2) is 5.90. The van der Waals surface area contributed by atoms with Crippen LogP contribution < -0.4 is 0 Å². The Labute approximate surface area is 128 Å². The van der Waals surface area contributed by atoms with Crippen molar-refractivity contribution >= 4 is 5.78 Å². The Hall–Kier alpha value is -1.19. The first-order valence-corrected chi connectivity index (χ1v) is 7.69. The van der Waals surface area contributed by atoms with Crippen LogP contribution in [0.25, 0.3) is 0 Å². The van der Waals surface area contributed by atoms with Gasteiger partial charge in [-0.1, -0.05) is 23.8 Å². The quantitative estimate of drug-likeness (QED) is 0.795. The van der Waals surface area contributed by atoms with Gasteiger partial charge in [0.2, 0.25) is 0 Å². The molecule has 0 bridgehead atoms. The molecule has 1 heterocycles. The second-order valence-electron chi connectivity index (χ2n) is 7.37. The van der Waals surface area contributed by atoms with E-state index < -0.39 is 0 Å². The summed E-state index contributed by atoms with van der Waals surface area (Å²) in [4.78, 5) is 14.6. The SMILES string of the molecule is Cc1cccc(C(=O)CCN2CC(C)(C)OC(C)(C)C2)c1. The van der Waals surface area contributed by atoms with Crippen LogP contribution in [0.1, 0.15) is 50.0 Å². The van der Waals surface area contributed by atoms with Crippen LogP contribution in [0.15, 0.2) is 24.3 Å². The molecule has 1 aromatic carbocycles. The van der Waals surface area contributed by atoms with Gasteiger partial charge in [0.25, 0.3) is 0 Å². The van der Waals surface area contributed by atoms with Crippen molar-refractivity contribution in [1.29, 1.82) is 0 Å². The van der Waals surface area contributed by atoms with Gasteiger partial charge in [-0.3, -0.25) is 9.69 Å². The van der Waals surface area contributed by atoms with E-state index in [1.165, 1.54) is 0 Å². The highest BCUT2D eigenvalue weighted by molar-refractivity contribution is 5.96. The van der Waals surface area contributed by atoms with Gasteiger partial charge in [-0.25, -0.2) is 0 Å². The molecular formula is C18H27NO2. The smallest absolute Gasteiger partial charge is 0.164 e. The van der Waals surface area contributed by atoms with Crippen LogP contribution in [-0.4, -0.2) is 41.5 Å². The Bertz CT molecular complexity index is 504. The molecule has 0 aliphatic carbocycles. The summed E-state index contributed by atoms with van der Waals surface area (Å²) >= 11 is 0. The van der Waals surface area contributed by atoms with Crippen LogP contribution in [0.3, 0.4) is 0 Å². The molecule has 116 valence electrons. The predicted octanol–water partition coefficient (Wildman–Crippen LogP) is 3.46. The summed E-state index contributed by atoms with van der Waals surface area (Å²) in [5, 5.41) is 0. The first kappa shape index (κ1) is 16.2. The fourth-order valence-electron chi connectivity index (χ4n) is 3.33. The van der Waals surface area contributed by atoms with Crippen molar-refractivity contribution in [3.05, 3.63) is 35.4 Å². The molecule has 1 aliphatic heterocycles. The molecule has 1 saturated heterocycles. The van der Waals surface area contributed by atoms with Gasteiger partial charge in [-0.2, -0.15) is 0 Å². The van der Waals surface area contributed by atoms with Crippen molar-refractivity contribution in [2.75, 3.05) is 19.6 Å². The number of rotatable bonds is 4. The molecule has 1 aliphatic rings. The van der Waals surface area contributed by atoms with Gasteiger partial charge in [0, 0.05) is 31.6 Å². The van der Waals surface area contributed by atoms with Crippen LogP contribution >= 0.6 is 0 Å². The highest BCUT2D eigenvalue weighted by Crippen LogP contribution is 2.28. The van der Waals surface area contributed by atoms with E-state index in [1.54, 1.807) is 0 Å². The number of aryl methyl sites for hydroxylation is 1. The number of carbonyl (C=O) groups is 1. The Morgan fingerprint density at radius 3 is 2.38 bits per heavy atom. The highest BCUT2D eigenvalue weighted by Gasteiger charge is 2.37. The fourth-order valence-corrected chi connectivity index (χ4v) is 3.33. The van der Waals surface area contributed by atoms with Crippen molar-refractivity contribution in [3.8, 4) is 0 Å². The lowest BCUT2D eigenvalue weighted by Crippen LogP contribution is -2.57. The van der Waals surface area contributed by atoms with Gasteiger partial charge in [0.05, 0.1) is 11.2 Å². The van der Waals surface area contributed by atoms with E-state index in [0.717, 1.165) is 30.8 Å². The average Bonchev–Trinajstić information content (AvgIpc) is 2.32. The summed E-state index contributed by atoms with van der Waals surface area (Å²) < 4.78 is 6.07. The van der Waals surface area contributed by atoms with E-state index in [4.69, 9.17) is 4.74 Å². The first-order chi connectivity index (χ1) is 9.67. The van der Waals surface area contributed by atoms with Gasteiger partial charge in [-0.05, 0) is 40.7 Å². The zero-order valence-corrected chi connectivity index (χ0v) is 13.9. The summed E-state index contributed by atoms with van der Waals surface area (Å²) in [6, 6.07) is 7.84. The normalized spacial score (nSPS) is 21.2. The number of morpholine rings is 1. The summed E-state index contributed by atoms with van der Waals surface area (Å²) in [6.07, 6.45) is 0.565. The summed E-state index contributed by atoms with van der Waals surface area (Å²) in [7, 11) is 0. The van der Waals surface area contributed by atoms with Crippen molar-refractivity contribution < 1.29 is 9.53 Å². The number of nitrogens with zero attached hydrogens (tertiary/aromatic N) is 1. The molecule has 0 radical (unpaired) electrons. The fraction of sp³-hybridized carbons (Fsp3) is 0.611. The van der Waals surface area contributed by atoms with E-state index >= 15 is 0 Å². The number of ether oxygens (including phenoxy) is 1. The van der Waals surface area contributed by atoms with Crippen molar-refractivity contribution in [1.82, 2.24) is 4.90 Å². The number of hydrogen-bond donors (Lipinski definition) is 0. The van der Waals surface area contributed by atoms with E-state index in [0.29, 0.717) is 6.42 Å². The highest BCUT2D eigenvalue weighted by atomic mass is 16.5. The van der Waals surface area contributed by atoms with E-state index in [1.807, 2.05) is 31.2 Å². The molecule has 1 fully saturated rings. The maximum atomic E-state index is 12.3. The lowest BCUT2D eigenvalue weighted by Gasteiger charge is -2.47. The molecule has 3 heteroatoms. The largest absolute Gasteiger partial charge is 0.367 e. The molecule has 0 unspecified atom stereocenters. The zero-order chi connectivity index (χ0) is 15.7. The molecule has 2 rings (SSSR count). The number of Topliss-reactive ketones (excluding diaryl/α,β-unsaturated/α-hetero) is 1. The van der Waals surface area contributed by atoms with Crippen LogP contribution in [0.2, 0.25) is 0 Å². The van der Waals surface area contributed by atoms with Crippen LogP contribution in [0.4, 0.5) is 0 Å². The summed E-state index contributed by atoms with van der Waals surface area (Å²) in [5.41, 5.74) is 1.64. The Kier molecular flexibility index (Phi) is 4.54. The van der Waals surface area contributed by atoms with Gasteiger partial charge in [0.1, 0.15) is 0 Å². The minimum Gasteiger partial charge on any atom is -0.367 e. The predicted molar refractivity (Wildman–Crippen MR) is 85.8 cm³/mol. The summed E-state index contributed by atoms with van der Waals surface area (Å²) in [5.74, 6) is 0.223. The second-order valence-corrected chi connectivity index (χ2v) is 7.37. The maximum Gasteiger partial charge on any atom is 0.164 e. The molecule has 0 amide bonds. The average molecular weight is 289 g/mol. The number of ketones is 1. The van der Waals surface area contributed by atoms with E-state index in [9.17, 15) is 4.79 Å². The van der Waals surface area contributed by atoms with Crippen LogP contribution in [0, 0.1) is 6.92 Å². The van der Waals surface area contributed by atoms with Gasteiger partial charge in [0.15, 0.2) is 5.78 Å². The van der Waals surface area contributed by atoms with E-state index in [-0.39, 0.29) is 17.0 Å². The Morgan fingerprint density at radius 2 is 1.81 bits per heavy atom. The number of benzene rings is 1. The zero-order valence-electron chi connectivity index (χ0n) is 13.9. The van der Waals surface area contributed by atoms with Crippen LogP contribution in [-0.2, 0) is 4.74 Å². The maximum absolute atomic E-state index is 12.3. The molecule has 0 saturated carbocycles. The van der Waals surface area contributed by atoms with Gasteiger partial charge in [-0.15, -0.1) is 0 Å². The van der Waals surface area contributed by atoms with Crippen LogP contribution in [0.5, 0.6) is 0 Å². The third-order valence-corrected chi connectivity index (χ3v) is 3.76. The lowest BCUT2D eigenvalue weighted by atomic mass is 9.98. The van der Waals surface area contributed by atoms with Gasteiger partial charge >= 0.3 is 0 Å². The molecule has 0 spiro atoms. The van der Waals surface area contributed by atoms with Crippen molar-refractivity contribution in [3.63, 3.8) is 0 Å². The summed E-state index contributed by atoms with van der Waals surface area (Å²) in [6.45, 7) is 13.0. The minimum absolute atomic E-state index is 0.159. The van der Waals surface area contributed by atoms with Crippen molar-refractivity contribution in [2.24, 2.45) is 0 Å². The van der Waals surface area contributed by atoms with Crippen molar-refractivity contribution in [2.45, 2.75) is 52.2 Å². The third-order valence-electron chi connectivity index (χ3n) is 3.76. The molecule has 0 atom stereocenters. The molecule has 3 nitrogen and oxygen atoms in total. The Morgan fingerprint density at radius 1 is 1.19 bits per heavy atom. The number of hydrogen-bond acceptors (Lipinski definition) is 3. The Balaban J connectivity index is 1.95. The monoisotopic (exact) mass is 289 g/mol. The minimum atomic E-state index is -0.159.